The van der Waals surface area contributed by atoms with Gasteiger partial charge in [0.15, 0.2) is 0 Å². The maximum absolute atomic E-state index is 9.33. The van der Waals surface area contributed by atoms with Crippen molar-refractivity contribution in [2.45, 2.75) is 13.8 Å². The van der Waals surface area contributed by atoms with Crippen LogP contribution in [0.25, 0.3) is 0 Å². The van der Waals surface area contributed by atoms with Crippen LogP contribution >= 0.6 is 0 Å². The molecule has 1 heterocycles. The van der Waals surface area contributed by atoms with Gasteiger partial charge in [-0.05, 0) is 32.0 Å². The fourth-order valence-electron chi connectivity index (χ4n) is 2.20. The number of nitriles is 2. The maximum atomic E-state index is 9.33. The molecule has 2 aromatic rings. The molecule has 98 valence electrons. The molecular weight excluding hydrogens is 248 g/mol. The molecule has 0 saturated carbocycles. The van der Waals surface area contributed by atoms with Crippen LogP contribution in [0, 0.1) is 36.5 Å². The Balaban J connectivity index is 2.63. The highest BCUT2D eigenvalue weighted by Gasteiger charge is 2.15. The first kappa shape index (κ1) is 13.6. The highest BCUT2D eigenvalue weighted by molar-refractivity contribution is 5.73. The van der Waals surface area contributed by atoms with E-state index in [4.69, 9.17) is 0 Å². The molecule has 0 unspecified atom stereocenters. The molecule has 1 aromatic heterocycles. The maximum Gasteiger partial charge on any atom is 0.103 e. The predicted octanol–water partition coefficient (Wildman–Crippen LogP) is 3.21. The number of rotatable bonds is 2. The third kappa shape index (κ3) is 2.32. The van der Waals surface area contributed by atoms with Gasteiger partial charge in [0.1, 0.15) is 12.1 Å². The summed E-state index contributed by atoms with van der Waals surface area (Å²) in [6.07, 6.45) is 0. The molecule has 0 atom stereocenters. The van der Waals surface area contributed by atoms with Gasteiger partial charge in [0.25, 0.3) is 0 Å². The minimum absolute atomic E-state index is 0.533. The lowest BCUT2D eigenvalue weighted by Crippen LogP contribution is -2.14. The number of benzene rings is 1. The van der Waals surface area contributed by atoms with E-state index in [1.807, 2.05) is 50.1 Å². The lowest BCUT2D eigenvalue weighted by atomic mass is 10.1. The van der Waals surface area contributed by atoms with Gasteiger partial charge >= 0.3 is 0 Å². The Morgan fingerprint density at radius 3 is 2.40 bits per heavy atom. The van der Waals surface area contributed by atoms with Gasteiger partial charge in [-0.3, -0.25) is 4.98 Å². The third-order valence-corrected chi connectivity index (χ3v) is 3.17. The average Bonchev–Trinajstić information content (AvgIpc) is 2.45. The average molecular weight is 262 g/mol. The molecule has 20 heavy (non-hydrogen) atoms. The fourth-order valence-corrected chi connectivity index (χ4v) is 2.20. The Morgan fingerprint density at radius 2 is 1.75 bits per heavy atom. The van der Waals surface area contributed by atoms with Crippen molar-refractivity contribution < 1.29 is 0 Å². The van der Waals surface area contributed by atoms with Crippen LogP contribution in [0.3, 0.4) is 0 Å². The normalized spacial score (nSPS) is 9.65. The molecule has 0 bridgehead atoms. The van der Waals surface area contributed by atoms with Crippen LogP contribution in [0.2, 0.25) is 0 Å². The molecule has 1 aromatic carbocycles. The van der Waals surface area contributed by atoms with Gasteiger partial charge in [-0.2, -0.15) is 10.5 Å². The summed E-state index contributed by atoms with van der Waals surface area (Å²) in [5.41, 5.74) is 4.19. The molecule has 2 rings (SSSR count). The Labute approximate surface area is 118 Å². The number of aryl methyl sites for hydroxylation is 2. The summed E-state index contributed by atoms with van der Waals surface area (Å²) in [6.45, 7) is 3.71. The van der Waals surface area contributed by atoms with Gasteiger partial charge < -0.3 is 4.90 Å². The Morgan fingerprint density at radius 1 is 1.05 bits per heavy atom. The first-order chi connectivity index (χ1) is 9.58. The fraction of sp³-hybridized carbons (Fsp3) is 0.188. The van der Waals surface area contributed by atoms with Crippen molar-refractivity contribution in [3.8, 4) is 12.1 Å². The van der Waals surface area contributed by atoms with Crippen molar-refractivity contribution in [2.24, 2.45) is 0 Å². The van der Waals surface area contributed by atoms with Crippen molar-refractivity contribution in [3.63, 3.8) is 0 Å². The molecule has 0 aliphatic heterocycles. The van der Waals surface area contributed by atoms with Crippen molar-refractivity contribution in [2.75, 3.05) is 11.9 Å². The Hall–Kier alpha value is -2.85. The van der Waals surface area contributed by atoms with Gasteiger partial charge in [-0.1, -0.05) is 12.1 Å². The quantitative estimate of drug-likeness (QED) is 0.833. The molecule has 0 aliphatic carbocycles. The monoisotopic (exact) mass is 262 g/mol. The van der Waals surface area contributed by atoms with Crippen LogP contribution < -0.4 is 4.90 Å². The second-order valence-electron chi connectivity index (χ2n) is 4.54. The molecular formula is C16H14N4. The number of pyridine rings is 1. The summed E-state index contributed by atoms with van der Waals surface area (Å²) in [4.78, 5) is 6.17. The molecule has 0 amide bonds. The topological polar surface area (TPSA) is 63.7 Å². The molecule has 4 nitrogen and oxygen atoms in total. The number of aromatic nitrogens is 1. The zero-order chi connectivity index (χ0) is 14.7. The van der Waals surface area contributed by atoms with E-state index in [0.717, 1.165) is 17.1 Å². The Kier molecular flexibility index (Phi) is 3.68. The first-order valence-corrected chi connectivity index (χ1v) is 6.19. The standard InChI is InChI=1S/C16H14N4/c1-11-8-16(14(10-18)12(2)19-11)20(3)15-7-5-4-6-13(15)9-17/h4-8H,1-3H3. The predicted molar refractivity (Wildman–Crippen MR) is 77.6 cm³/mol. The summed E-state index contributed by atoms with van der Waals surface area (Å²) in [5.74, 6) is 0. The van der Waals surface area contributed by atoms with Crippen LogP contribution in [-0.2, 0) is 0 Å². The molecule has 0 N–H and O–H groups in total. The van der Waals surface area contributed by atoms with E-state index >= 15 is 0 Å². The van der Waals surface area contributed by atoms with Gasteiger partial charge in [0.2, 0.25) is 0 Å². The van der Waals surface area contributed by atoms with E-state index < -0.39 is 0 Å². The number of anilines is 2. The smallest absolute Gasteiger partial charge is 0.103 e. The number of para-hydroxylation sites is 1. The highest BCUT2D eigenvalue weighted by Crippen LogP contribution is 2.30. The van der Waals surface area contributed by atoms with Gasteiger partial charge in [-0.25, -0.2) is 0 Å². The van der Waals surface area contributed by atoms with E-state index in [1.54, 1.807) is 6.07 Å². The van der Waals surface area contributed by atoms with Crippen LogP contribution in [0.1, 0.15) is 22.5 Å². The van der Waals surface area contributed by atoms with Gasteiger partial charge in [0, 0.05) is 12.7 Å². The summed E-state index contributed by atoms with van der Waals surface area (Å²) in [5, 5.41) is 18.5. The van der Waals surface area contributed by atoms with E-state index in [1.165, 1.54) is 0 Å². The second kappa shape index (κ2) is 5.42. The van der Waals surface area contributed by atoms with Gasteiger partial charge in [0.05, 0.1) is 28.2 Å². The van der Waals surface area contributed by atoms with E-state index in [9.17, 15) is 10.5 Å². The zero-order valence-corrected chi connectivity index (χ0v) is 11.7. The molecule has 4 heteroatoms. The third-order valence-electron chi connectivity index (χ3n) is 3.17. The number of hydrogen-bond donors (Lipinski definition) is 0. The molecule has 0 spiro atoms. The van der Waals surface area contributed by atoms with Crippen molar-refractivity contribution in [3.05, 3.63) is 52.8 Å². The van der Waals surface area contributed by atoms with E-state index in [-0.39, 0.29) is 0 Å². The first-order valence-electron chi connectivity index (χ1n) is 6.19. The highest BCUT2D eigenvalue weighted by atomic mass is 15.1. The van der Waals surface area contributed by atoms with Crippen LogP contribution in [0.15, 0.2) is 30.3 Å². The summed E-state index contributed by atoms with van der Waals surface area (Å²) >= 11 is 0. The Bertz CT molecular complexity index is 735. The zero-order valence-electron chi connectivity index (χ0n) is 11.7. The second-order valence-corrected chi connectivity index (χ2v) is 4.54. The summed E-state index contributed by atoms with van der Waals surface area (Å²) in [6, 6.07) is 13.6. The SMILES string of the molecule is Cc1cc(N(C)c2ccccc2C#N)c(C#N)c(C)n1. The van der Waals surface area contributed by atoms with E-state index in [2.05, 4.69) is 17.1 Å². The lowest BCUT2D eigenvalue weighted by Gasteiger charge is -2.22. The number of nitrogens with zero attached hydrogens (tertiary/aromatic N) is 4. The van der Waals surface area contributed by atoms with Crippen LogP contribution in [0.4, 0.5) is 11.4 Å². The summed E-state index contributed by atoms with van der Waals surface area (Å²) in [7, 11) is 1.85. The molecule has 0 fully saturated rings. The minimum atomic E-state index is 0.533. The molecule has 0 saturated heterocycles. The van der Waals surface area contributed by atoms with Crippen LogP contribution in [-0.4, -0.2) is 12.0 Å². The van der Waals surface area contributed by atoms with E-state index in [0.29, 0.717) is 16.8 Å². The lowest BCUT2D eigenvalue weighted by molar-refractivity contribution is 1.08. The minimum Gasteiger partial charge on any atom is -0.342 e. The largest absolute Gasteiger partial charge is 0.342 e. The molecule has 0 radical (unpaired) electrons. The van der Waals surface area contributed by atoms with Crippen LogP contribution in [0.5, 0.6) is 0 Å². The van der Waals surface area contributed by atoms with Crippen molar-refractivity contribution in [1.29, 1.82) is 10.5 Å². The van der Waals surface area contributed by atoms with Crippen molar-refractivity contribution in [1.82, 2.24) is 4.98 Å². The summed E-state index contributed by atoms with van der Waals surface area (Å²) < 4.78 is 0. The van der Waals surface area contributed by atoms with Gasteiger partial charge in [-0.15, -0.1) is 0 Å². The number of hydrogen-bond acceptors (Lipinski definition) is 4. The van der Waals surface area contributed by atoms with Crippen molar-refractivity contribution >= 4 is 11.4 Å². The molecule has 0 aliphatic rings.